The number of imidazole rings is 1. The molecule has 0 N–H and O–H groups in total. The first kappa shape index (κ1) is 21.4. The Labute approximate surface area is 228 Å². The van der Waals surface area contributed by atoms with Gasteiger partial charge in [0.15, 0.2) is 0 Å². The molecule has 0 fully saturated rings. The van der Waals surface area contributed by atoms with Crippen molar-refractivity contribution in [2.24, 2.45) is 0 Å². The Morgan fingerprint density at radius 2 is 1.30 bits per heavy atom. The molecule has 0 amide bonds. The minimum Gasteiger partial charge on any atom is -0.293 e. The number of aromatic nitrogens is 5. The lowest BCUT2D eigenvalue weighted by Crippen LogP contribution is -2.00. The summed E-state index contributed by atoms with van der Waals surface area (Å²) in [4.78, 5) is 14.6. The van der Waals surface area contributed by atoms with Crippen molar-refractivity contribution in [3.05, 3.63) is 128 Å². The highest BCUT2D eigenvalue weighted by molar-refractivity contribution is 6.27. The number of rotatable bonds is 2. The maximum Gasteiger partial charge on any atom is 0.146 e. The monoisotopic (exact) mass is 511 g/mol. The van der Waals surface area contributed by atoms with E-state index in [9.17, 15) is 0 Å². The average molecular weight is 512 g/mol. The molecule has 0 aliphatic carbocycles. The molecular weight excluding hydrogens is 490 g/mol. The van der Waals surface area contributed by atoms with E-state index < -0.39 is 0 Å². The number of nitrogens with zero attached hydrogens (tertiary/aromatic N) is 5. The van der Waals surface area contributed by atoms with Crippen LogP contribution in [0.2, 0.25) is 0 Å². The second-order valence-electron chi connectivity index (χ2n) is 10.1. The van der Waals surface area contributed by atoms with Gasteiger partial charge in [-0.2, -0.15) is 0 Å². The molecule has 0 bridgehead atoms. The Kier molecular flexibility index (Phi) is 4.27. The number of pyridine rings is 3. The molecule has 0 aliphatic heterocycles. The Balaban J connectivity index is 1.51. The minimum atomic E-state index is 0.873. The fourth-order valence-corrected chi connectivity index (χ4v) is 6.31. The van der Waals surface area contributed by atoms with Gasteiger partial charge in [0.25, 0.3) is 0 Å². The zero-order chi connectivity index (χ0) is 26.2. The molecule has 40 heavy (non-hydrogen) atoms. The number of benzene rings is 4. The normalized spacial score (nSPS) is 12.0. The predicted molar refractivity (Wildman–Crippen MR) is 163 cm³/mol. The maximum absolute atomic E-state index is 5.17. The summed E-state index contributed by atoms with van der Waals surface area (Å²) in [6.07, 6.45) is 3.65. The van der Waals surface area contributed by atoms with Gasteiger partial charge in [-0.25, -0.2) is 9.97 Å². The Hall–Kier alpha value is -5.55. The van der Waals surface area contributed by atoms with Gasteiger partial charge < -0.3 is 0 Å². The molecule has 186 valence electrons. The van der Waals surface area contributed by atoms with Gasteiger partial charge in [-0.1, -0.05) is 60.7 Å². The molecule has 9 aromatic rings. The highest BCUT2D eigenvalue weighted by Crippen LogP contribution is 2.41. The molecule has 0 aliphatic rings. The van der Waals surface area contributed by atoms with Crippen molar-refractivity contribution in [3.8, 4) is 17.1 Å². The van der Waals surface area contributed by atoms with Gasteiger partial charge in [0.1, 0.15) is 11.5 Å². The molecule has 9 rings (SSSR count). The van der Waals surface area contributed by atoms with E-state index in [4.69, 9.17) is 9.97 Å². The third-order valence-corrected chi connectivity index (χ3v) is 7.97. The van der Waals surface area contributed by atoms with E-state index in [0.29, 0.717) is 0 Å². The van der Waals surface area contributed by atoms with Gasteiger partial charge in [-0.15, -0.1) is 0 Å². The van der Waals surface area contributed by atoms with E-state index in [0.717, 1.165) is 55.7 Å². The SMILES string of the molecule is c1cncc(-c2cccc(-n3c4ccccc4c4ccc5c(c6ccccc6n6c7ccccc7nc56)c43)n2)c1. The van der Waals surface area contributed by atoms with E-state index >= 15 is 0 Å². The summed E-state index contributed by atoms with van der Waals surface area (Å²) in [5.41, 5.74) is 8.35. The molecule has 0 spiro atoms. The summed E-state index contributed by atoms with van der Waals surface area (Å²) < 4.78 is 4.62. The van der Waals surface area contributed by atoms with Crippen LogP contribution < -0.4 is 0 Å². The lowest BCUT2D eigenvalue weighted by Gasteiger charge is -2.13. The first-order valence-corrected chi connectivity index (χ1v) is 13.4. The van der Waals surface area contributed by atoms with Crippen LogP contribution in [0, 0.1) is 0 Å². The van der Waals surface area contributed by atoms with Crippen LogP contribution in [-0.4, -0.2) is 23.9 Å². The molecule has 5 nitrogen and oxygen atoms in total. The Morgan fingerprint density at radius 1 is 0.525 bits per heavy atom. The molecule has 4 aromatic carbocycles. The van der Waals surface area contributed by atoms with Crippen molar-refractivity contribution < 1.29 is 0 Å². The second-order valence-corrected chi connectivity index (χ2v) is 10.1. The molecule has 0 radical (unpaired) electrons. The van der Waals surface area contributed by atoms with Crippen LogP contribution in [-0.2, 0) is 0 Å². The van der Waals surface area contributed by atoms with Crippen LogP contribution in [0.5, 0.6) is 0 Å². The predicted octanol–water partition coefficient (Wildman–Crippen LogP) is 8.35. The van der Waals surface area contributed by atoms with Gasteiger partial charge in [0, 0.05) is 44.9 Å². The molecule has 0 saturated carbocycles. The summed E-state index contributed by atoms with van der Waals surface area (Å²) >= 11 is 0. The van der Waals surface area contributed by atoms with Gasteiger partial charge >= 0.3 is 0 Å². The van der Waals surface area contributed by atoms with E-state index in [1.807, 2.05) is 24.4 Å². The van der Waals surface area contributed by atoms with Crippen LogP contribution in [0.3, 0.4) is 0 Å². The van der Waals surface area contributed by atoms with Crippen molar-refractivity contribution in [1.29, 1.82) is 0 Å². The largest absolute Gasteiger partial charge is 0.293 e. The molecule has 0 saturated heterocycles. The van der Waals surface area contributed by atoms with Crippen molar-refractivity contribution in [3.63, 3.8) is 0 Å². The summed E-state index contributed by atoms with van der Waals surface area (Å²) in [5, 5.41) is 5.88. The van der Waals surface area contributed by atoms with Gasteiger partial charge in [0.05, 0.1) is 33.3 Å². The fraction of sp³-hybridized carbons (Fsp3) is 0. The third kappa shape index (κ3) is 2.83. The van der Waals surface area contributed by atoms with Crippen LogP contribution in [0.25, 0.3) is 77.2 Å². The standard InChI is InChI=1S/C35H21N5/c1-4-14-29-23(10-1)24-18-19-26-33(34(24)40(29)32-17-7-13-27(37-32)22-9-8-20-36-21-22)25-11-2-5-15-30(25)39-31-16-6-3-12-28(31)38-35(26)39/h1-21H. The van der Waals surface area contributed by atoms with E-state index in [1.165, 1.54) is 21.5 Å². The van der Waals surface area contributed by atoms with Crippen molar-refractivity contribution >= 4 is 60.2 Å². The first-order chi connectivity index (χ1) is 19.9. The Bertz CT molecular complexity index is 2430. The summed E-state index contributed by atoms with van der Waals surface area (Å²) in [7, 11) is 0. The van der Waals surface area contributed by atoms with Crippen LogP contribution in [0.15, 0.2) is 128 Å². The zero-order valence-corrected chi connectivity index (χ0v) is 21.4. The van der Waals surface area contributed by atoms with Gasteiger partial charge in [0.2, 0.25) is 0 Å². The van der Waals surface area contributed by atoms with Crippen LogP contribution in [0.4, 0.5) is 0 Å². The van der Waals surface area contributed by atoms with Crippen LogP contribution >= 0.6 is 0 Å². The molecule has 0 atom stereocenters. The minimum absolute atomic E-state index is 0.873. The Morgan fingerprint density at radius 3 is 2.17 bits per heavy atom. The van der Waals surface area contributed by atoms with Crippen molar-refractivity contribution in [2.45, 2.75) is 0 Å². The number of hydrogen-bond acceptors (Lipinski definition) is 3. The second kappa shape index (κ2) is 7.98. The van der Waals surface area contributed by atoms with E-state index in [-0.39, 0.29) is 0 Å². The zero-order valence-electron chi connectivity index (χ0n) is 21.4. The van der Waals surface area contributed by atoms with E-state index in [2.05, 4.69) is 111 Å². The summed E-state index contributed by atoms with van der Waals surface area (Å²) in [5.74, 6) is 0.873. The summed E-state index contributed by atoms with van der Waals surface area (Å²) in [6.45, 7) is 0. The molecule has 5 aromatic heterocycles. The topological polar surface area (TPSA) is 48.0 Å². The molecule has 5 heterocycles. The number of hydrogen-bond donors (Lipinski definition) is 0. The lowest BCUT2D eigenvalue weighted by molar-refractivity contribution is 1.09. The lowest BCUT2D eigenvalue weighted by atomic mass is 10.0. The molecule has 0 unspecified atom stereocenters. The fourth-order valence-electron chi connectivity index (χ4n) is 6.31. The summed E-state index contributed by atoms with van der Waals surface area (Å²) in [6, 6.07) is 40.3. The highest BCUT2D eigenvalue weighted by Gasteiger charge is 2.21. The molecule has 5 heteroatoms. The number of para-hydroxylation sites is 4. The van der Waals surface area contributed by atoms with Crippen molar-refractivity contribution in [1.82, 2.24) is 23.9 Å². The highest BCUT2D eigenvalue weighted by atomic mass is 15.1. The van der Waals surface area contributed by atoms with Gasteiger partial charge in [-0.05, 0) is 54.6 Å². The van der Waals surface area contributed by atoms with Crippen molar-refractivity contribution in [2.75, 3.05) is 0 Å². The average Bonchev–Trinajstić information content (AvgIpc) is 3.58. The maximum atomic E-state index is 5.17. The first-order valence-electron chi connectivity index (χ1n) is 13.4. The van der Waals surface area contributed by atoms with Crippen LogP contribution in [0.1, 0.15) is 0 Å². The smallest absolute Gasteiger partial charge is 0.146 e. The quantitative estimate of drug-likeness (QED) is 0.219. The van der Waals surface area contributed by atoms with Gasteiger partial charge in [-0.3, -0.25) is 14.0 Å². The third-order valence-electron chi connectivity index (χ3n) is 7.97. The molecular formula is C35H21N5. The van der Waals surface area contributed by atoms with E-state index in [1.54, 1.807) is 6.20 Å². The number of fused-ring (bicyclic) bond motifs is 12.